The molecule has 1 amide bonds. The summed E-state index contributed by atoms with van der Waals surface area (Å²) in [7, 11) is 0. The molecule has 1 rings (SSSR count). The Morgan fingerprint density at radius 3 is 2.37 bits per heavy atom. The van der Waals surface area contributed by atoms with E-state index >= 15 is 0 Å². The van der Waals surface area contributed by atoms with E-state index in [2.05, 4.69) is 19.2 Å². The number of amides is 1. The highest BCUT2D eigenvalue weighted by atomic mass is 16.4. The summed E-state index contributed by atoms with van der Waals surface area (Å²) in [5, 5.41) is 12.3. The van der Waals surface area contributed by atoms with E-state index in [1.807, 2.05) is 0 Å². The summed E-state index contributed by atoms with van der Waals surface area (Å²) >= 11 is 0. The number of carboxylic acids is 1. The van der Waals surface area contributed by atoms with Crippen LogP contribution in [0.3, 0.4) is 0 Å². The van der Waals surface area contributed by atoms with Gasteiger partial charge in [-0.1, -0.05) is 33.1 Å². The Balaban J connectivity index is 2.37. The minimum Gasteiger partial charge on any atom is -0.481 e. The summed E-state index contributed by atoms with van der Waals surface area (Å²) in [4.78, 5) is 23.3. The zero-order chi connectivity index (χ0) is 14.3. The molecule has 0 aromatic heterocycles. The van der Waals surface area contributed by atoms with Crippen LogP contribution in [-0.4, -0.2) is 23.5 Å². The SMILES string of the molecule is CC(C)CCCNC(=O)CC1(C(=O)O)CCCCC1. The molecule has 0 atom stereocenters. The van der Waals surface area contributed by atoms with Crippen molar-refractivity contribution >= 4 is 11.9 Å². The van der Waals surface area contributed by atoms with Crippen molar-refractivity contribution in [2.75, 3.05) is 6.54 Å². The van der Waals surface area contributed by atoms with Gasteiger partial charge < -0.3 is 10.4 Å². The molecule has 0 aliphatic heterocycles. The lowest BCUT2D eigenvalue weighted by molar-refractivity contribution is -0.154. The van der Waals surface area contributed by atoms with E-state index in [0.29, 0.717) is 25.3 Å². The molecule has 4 heteroatoms. The van der Waals surface area contributed by atoms with Crippen molar-refractivity contribution in [3.05, 3.63) is 0 Å². The Kier molecular flexibility index (Phi) is 6.32. The number of rotatable bonds is 7. The molecule has 0 heterocycles. The Morgan fingerprint density at radius 1 is 1.21 bits per heavy atom. The van der Waals surface area contributed by atoms with Gasteiger partial charge in [0.15, 0.2) is 0 Å². The van der Waals surface area contributed by atoms with E-state index in [4.69, 9.17) is 0 Å². The summed E-state index contributed by atoms with van der Waals surface area (Å²) in [5.41, 5.74) is -0.805. The van der Waals surface area contributed by atoms with Crippen molar-refractivity contribution in [1.29, 1.82) is 0 Å². The van der Waals surface area contributed by atoms with Gasteiger partial charge in [0.25, 0.3) is 0 Å². The molecular weight excluding hydrogens is 242 g/mol. The Labute approximate surface area is 116 Å². The number of hydrogen-bond donors (Lipinski definition) is 2. The van der Waals surface area contributed by atoms with Crippen molar-refractivity contribution in [3.63, 3.8) is 0 Å². The molecule has 0 spiro atoms. The van der Waals surface area contributed by atoms with Gasteiger partial charge in [-0.05, 0) is 31.6 Å². The zero-order valence-electron chi connectivity index (χ0n) is 12.2. The largest absolute Gasteiger partial charge is 0.481 e. The molecule has 1 aliphatic rings. The van der Waals surface area contributed by atoms with Crippen LogP contribution in [0.2, 0.25) is 0 Å². The molecule has 0 unspecified atom stereocenters. The Bertz CT molecular complexity index is 307. The Hall–Kier alpha value is -1.06. The highest BCUT2D eigenvalue weighted by molar-refractivity contribution is 5.85. The van der Waals surface area contributed by atoms with Gasteiger partial charge >= 0.3 is 5.97 Å². The summed E-state index contributed by atoms with van der Waals surface area (Å²) < 4.78 is 0. The van der Waals surface area contributed by atoms with Crippen LogP contribution in [0.25, 0.3) is 0 Å². The van der Waals surface area contributed by atoms with Gasteiger partial charge in [0.05, 0.1) is 5.41 Å². The summed E-state index contributed by atoms with van der Waals surface area (Å²) in [5.74, 6) is -0.266. The lowest BCUT2D eigenvalue weighted by atomic mass is 9.71. The van der Waals surface area contributed by atoms with Gasteiger partial charge in [0.2, 0.25) is 5.91 Å². The van der Waals surface area contributed by atoms with Crippen LogP contribution in [0.15, 0.2) is 0 Å². The fraction of sp³-hybridized carbons (Fsp3) is 0.867. The van der Waals surface area contributed by atoms with E-state index in [-0.39, 0.29) is 12.3 Å². The molecule has 1 saturated carbocycles. The number of nitrogens with one attached hydrogen (secondary N) is 1. The maximum absolute atomic E-state index is 11.9. The highest BCUT2D eigenvalue weighted by Gasteiger charge is 2.41. The molecular formula is C15H27NO3. The molecule has 4 nitrogen and oxygen atoms in total. The van der Waals surface area contributed by atoms with E-state index in [9.17, 15) is 14.7 Å². The molecule has 0 aromatic rings. The molecule has 1 fully saturated rings. The predicted molar refractivity (Wildman–Crippen MR) is 74.9 cm³/mol. The highest BCUT2D eigenvalue weighted by Crippen LogP contribution is 2.39. The minimum atomic E-state index is -0.805. The summed E-state index contributed by atoms with van der Waals surface area (Å²) in [6.45, 7) is 4.97. The van der Waals surface area contributed by atoms with Crippen LogP contribution in [0.5, 0.6) is 0 Å². The van der Waals surface area contributed by atoms with Gasteiger partial charge in [0, 0.05) is 13.0 Å². The van der Waals surface area contributed by atoms with E-state index in [0.717, 1.165) is 32.1 Å². The standard InChI is InChI=1S/C15H27NO3/c1-12(2)7-6-10-16-13(17)11-15(14(18)19)8-4-3-5-9-15/h12H,3-11H2,1-2H3,(H,16,17)(H,18,19). The first-order valence-electron chi connectivity index (χ1n) is 7.46. The number of carboxylic acid groups (broad SMARTS) is 1. The molecule has 0 aromatic carbocycles. The van der Waals surface area contributed by atoms with E-state index in [1.54, 1.807) is 0 Å². The average molecular weight is 269 g/mol. The first-order chi connectivity index (χ1) is 8.96. The maximum Gasteiger partial charge on any atom is 0.310 e. The predicted octanol–water partition coefficient (Wildman–Crippen LogP) is 2.96. The van der Waals surface area contributed by atoms with Crippen molar-refractivity contribution < 1.29 is 14.7 Å². The van der Waals surface area contributed by atoms with Crippen LogP contribution >= 0.6 is 0 Å². The topological polar surface area (TPSA) is 66.4 Å². The first-order valence-corrected chi connectivity index (χ1v) is 7.46. The number of carbonyl (C=O) groups is 2. The summed E-state index contributed by atoms with van der Waals surface area (Å²) in [6.07, 6.45) is 6.41. The third-order valence-electron chi connectivity index (χ3n) is 4.04. The second kappa shape index (κ2) is 7.51. The third-order valence-corrected chi connectivity index (χ3v) is 4.04. The number of carbonyl (C=O) groups excluding carboxylic acids is 1. The lowest BCUT2D eigenvalue weighted by Gasteiger charge is -2.32. The van der Waals surface area contributed by atoms with Crippen molar-refractivity contribution in [2.24, 2.45) is 11.3 Å². The van der Waals surface area contributed by atoms with Crippen LogP contribution < -0.4 is 5.32 Å². The molecule has 19 heavy (non-hydrogen) atoms. The second-order valence-corrected chi connectivity index (χ2v) is 6.21. The normalized spacial score (nSPS) is 18.3. The van der Waals surface area contributed by atoms with Crippen LogP contribution in [0.4, 0.5) is 0 Å². The van der Waals surface area contributed by atoms with Gasteiger partial charge in [0.1, 0.15) is 0 Å². The monoisotopic (exact) mass is 269 g/mol. The van der Waals surface area contributed by atoms with Gasteiger partial charge in [-0.2, -0.15) is 0 Å². The van der Waals surface area contributed by atoms with Crippen LogP contribution in [-0.2, 0) is 9.59 Å². The fourth-order valence-corrected chi connectivity index (χ4v) is 2.80. The van der Waals surface area contributed by atoms with Crippen molar-refractivity contribution in [3.8, 4) is 0 Å². The van der Waals surface area contributed by atoms with Gasteiger partial charge in [-0.25, -0.2) is 0 Å². The molecule has 2 N–H and O–H groups in total. The van der Waals surface area contributed by atoms with Crippen molar-refractivity contribution in [2.45, 2.75) is 65.2 Å². The van der Waals surface area contributed by atoms with Crippen LogP contribution in [0.1, 0.15) is 65.2 Å². The zero-order valence-corrected chi connectivity index (χ0v) is 12.2. The molecule has 0 bridgehead atoms. The smallest absolute Gasteiger partial charge is 0.310 e. The average Bonchev–Trinajstić information content (AvgIpc) is 2.35. The molecule has 0 radical (unpaired) electrons. The quantitative estimate of drug-likeness (QED) is 0.698. The summed E-state index contributed by atoms with van der Waals surface area (Å²) in [6, 6.07) is 0. The molecule has 1 aliphatic carbocycles. The maximum atomic E-state index is 11.9. The first kappa shape index (κ1) is 16.0. The molecule has 0 saturated heterocycles. The van der Waals surface area contributed by atoms with Gasteiger partial charge in [-0.15, -0.1) is 0 Å². The second-order valence-electron chi connectivity index (χ2n) is 6.21. The van der Waals surface area contributed by atoms with Crippen LogP contribution in [0, 0.1) is 11.3 Å². The molecule has 110 valence electrons. The number of aliphatic carboxylic acids is 1. The third kappa shape index (κ3) is 5.21. The van der Waals surface area contributed by atoms with Crippen molar-refractivity contribution in [1.82, 2.24) is 5.32 Å². The minimum absolute atomic E-state index is 0.104. The number of hydrogen-bond acceptors (Lipinski definition) is 2. The Morgan fingerprint density at radius 2 is 1.84 bits per heavy atom. The van der Waals surface area contributed by atoms with E-state index in [1.165, 1.54) is 0 Å². The van der Waals surface area contributed by atoms with Gasteiger partial charge in [-0.3, -0.25) is 9.59 Å². The lowest BCUT2D eigenvalue weighted by Crippen LogP contribution is -2.39. The van der Waals surface area contributed by atoms with E-state index < -0.39 is 11.4 Å². The fourth-order valence-electron chi connectivity index (χ4n) is 2.80.